The molecule has 0 unspecified atom stereocenters. The van der Waals surface area contributed by atoms with E-state index < -0.39 is 5.97 Å². The van der Waals surface area contributed by atoms with Crippen LogP contribution in [0.25, 0.3) is 0 Å². The van der Waals surface area contributed by atoms with Gasteiger partial charge in [0.15, 0.2) is 0 Å². The minimum atomic E-state index is -0.983. The van der Waals surface area contributed by atoms with Gasteiger partial charge in [0.2, 0.25) is 0 Å². The fourth-order valence-corrected chi connectivity index (χ4v) is 3.28. The lowest BCUT2D eigenvalue weighted by atomic mass is 10.1. The number of hydrogen-bond acceptors (Lipinski definition) is 4. The number of hydrazone groups is 1. The lowest BCUT2D eigenvalue weighted by molar-refractivity contribution is 0.0696. The van der Waals surface area contributed by atoms with E-state index in [1.54, 1.807) is 24.3 Å². The van der Waals surface area contributed by atoms with Crippen LogP contribution in [0.2, 0.25) is 0 Å². The highest BCUT2D eigenvalue weighted by Gasteiger charge is 2.18. The Morgan fingerprint density at radius 3 is 2.03 bits per heavy atom. The number of nitrogens with zero attached hydrogens (tertiary/aromatic N) is 2. The topological polar surface area (TPSA) is 82.0 Å². The first kappa shape index (κ1) is 18.4. The first-order valence-corrected chi connectivity index (χ1v) is 9.19. The summed E-state index contributed by atoms with van der Waals surface area (Å²) < 4.78 is 0. The van der Waals surface area contributed by atoms with Gasteiger partial charge in [0.25, 0.3) is 5.91 Å². The Bertz CT molecular complexity index is 1050. The van der Waals surface area contributed by atoms with Crippen molar-refractivity contribution in [2.45, 2.75) is 13.1 Å². The van der Waals surface area contributed by atoms with Crippen LogP contribution in [0, 0.1) is 0 Å². The highest BCUT2D eigenvalue weighted by atomic mass is 16.4. The molecule has 0 radical (unpaired) electrons. The number of nitrogens with one attached hydrogen (secondary N) is 1. The molecule has 4 rings (SSSR count). The number of benzene rings is 3. The van der Waals surface area contributed by atoms with Gasteiger partial charge in [-0.15, -0.1) is 0 Å². The van der Waals surface area contributed by atoms with Gasteiger partial charge in [0.05, 0.1) is 11.8 Å². The van der Waals surface area contributed by atoms with E-state index in [0.717, 1.165) is 18.8 Å². The maximum absolute atomic E-state index is 12.3. The predicted octanol–water partition coefficient (Wildman–Crippen LogP) is 3.67. The van der Waals surface area contributed by atoms with E-state index in [-0.39, 0.29) is 11.5 Å². The summed E-state index contributed by atoms with van der Waals surface area (Å²) in [4.78, 5) is 25.4. The van der Waals surface area contributed by atoms with Crippen LogP contribution in [0.5, 0.6) is 0 Å². The van der Waals surface area contributed by atoms with Crippen LogP contribution in [0.15, 0.2) is 77.9 Å². The highest BCUT2D eigenvalue weighted by Crippen LogP contribution is 2.28. The quantitative estimate of drug-likeness (QED) is 0.519. The molecule has 1 heterocycles. The summed E-state index contributed by atoms with van der Waals surface area (Å²) in [6, 6.07) is 22.1. The summed E-state index contributed by atoms with van der Waals surface area (Å²) >= 11 is 0. The second-order valence-corrected chi connectivity index (χ2v) is 6.80. The number of carboxylic acid groups (broad SMARTS) is 1. The molecule has 0 bridgehead atoms. The molecule has 0 atom stereocenters. The van der Waals surface area contributed by atoms with Gasteiger partial charge >= 0.3 is 5.97 Å². The molecule has 0 aliphatic carbocycles. The van der Waals surface area contributed by atoms with E-state index in [0.29, 0.717) is 11.1 Å². The molecule has 1 amide bonds. The summed E-state index contributed by atoms with van der Waals surface area (Å²) in [5, 5.41) is 12.8. The molecule has 2 N–H and O–H groups in total. The number of anilines is 1. The van der Waals surface area contributed by atoms with Crippen molar-refractivity contribution < 1.29 is 14.7 Å². The van der Waals surface area contributed by atoms with Crippen LogP contribution in [0.1, 0.15) is 37.4 Å². The van der Waals surface area contributed by atoms with E-state index in [1.807, 2.05) is 12.1 Å². The lowest BCUT2D eigenvalue weighted by Gasteiger charge is -2.17. The standard InChI is InChI=1S/C23H19N3O3/c27-22(25-24-13-16-5-7-18(8-6-16)23(28)29)17-9-11-21(12-10-17)26-14-19-3-1-2-4-20(19)15-26/h1-13H,14-15H2,(H,25,27)(H,28,29)/b24-13-. The molecular formula is C23H19N3O3. The zero-order valence-electron chi connectivity index (χ0n) is 15.6. The number of carbonyl (C=O) groups excluding carboxylic acids is 1. The monoisotopic (exact) mass is 385 g/mol. The van der Waals surface area contributed by atoms with Gasteiger partial charge in [-0.3, -0.25) is 4.79 Å². The molecule has 3 aromatic rings. The van der Waals surface area contributed by atoms with E-state index in [9.17, 15) is 9.59 Å². The van der Waals surface area contributed by atoms with Gasteiger partial charge in [0, 0.05) is 24.3 Å². The van der Waals surface area contributed by atoms with Gasteiger partial charge in [-0.25, -0.2) is 10.2 Å². The van der Waals surface area contributed by atoms with E-state index in [4.69, 9.17) is 5.11 Å². The molecule has 1 aliphatic heterocycles. The molecule has 0 aromatic heterocycles. The molecule has 1 aliphatic rings. The predicted molar refractivity (Wildman–Crippen MR) is 111 cm³/mol. The van der Waals surface area contributed by atoms with Crippen molar-refractivity contribution in [1.82, 2.24) is 5.43 Å². The van der Waals surface area contributed by atoms with Crippen LogP contribution in [0.4, 0.5) is 5.69 Å². The average Bonchev–Trinajstić information content (AvgIpc) is 3.18. The normalized spacial score (nSPS) is 12.8. The smallest absolute Gasteiger partial charge is 0.335 e. The zero-order chi connectivity index (χ0) is 20.2. The van der Waals surface area contributed by atoms with Gasteiger partial charge in [-0.05, 0) is 53.1 Å². The third-order valence-electron chi connectivity index (χ3n) is 4.87. The summed E-state index contributed by atoms with van der Waals surface area (Å²) in [5.74, 6) is -1.29. The van der Waals surface area contributed by atoms with Crippen molar-refractivity contribution in [2.75, 3.05) is 4.90 Å². The van der Waals surface area contributed by atoms with Crippen molar-refractivity contribution in [2.24, 2.45) is 5.10 Å². The largest absolute Gasteiger partial charge is 0.478 e. The molecule has 6 nitrogen and oxygen atoms in total. The van der Waals surface area contributed by atoms with Crippen LogP contribution < -0.4 is 10.3 Å². The molecular weight excluding hydrogens is 366 g/mol. The van der Waals surface area contributed by atoms with Gasteiger partial charge < -0.3 is 10.0 Å². The third kappa shape index (κ3) is 4.16. The highest BCUT2D eigenvalue weighted by molar-refractivity contribution is 5.95. The van der Waals surface area contributed by atoms with E-state index in [2.05, 4.69) is 39.7 Å². The lowest BCUT2D eigenvalue weighted by Crippen LogP contribution is -2.18. The van der Waals surface area contributed by atoms with Crippen LogP contribution in [-0.4, -0.2) is 23.2 Å². The number of fused-ring (bicyclic) bond motifs is 1. The number of rotatable bonds is 5. The Balaban J connectivity index is 1.35. The molecule has 144 valence electrons. The Morgan fingerprint density at radius 2 is 1.45 bits per heavy atom. The Kier molecular flexibility index (Phi) is 5.07. The summed E-state index contributed by atoms with van der Waals surface area (Å²) in [5.41, 5.74) is 7.64. The van der Waals surface area contributed by atoms with Crippen molar-refractivity contribution in [3.05, 3.63) is 101 Å². The Morgan fingerprint density at radius 1 is 0.862 bits per heavy atom. The molecule has 0 spiro atoms. The number of carbonyl (C=O) groups is 2. The molecule has 0 saturated heterocycles. The number of hydrogen-bond donors (Lipinski definition) is 2. The fraction of sp³-hybridized carbons (Fsp3) is 0.0870. The van der Waals surface area contributed by atoms with Gasteiger partial charge in [-0.1, -0.05) is 36.4 Å². The maximum atomic E-state index is 12.3. The summed E-state index contributed by atoms with van der Waals surface area (Å²) in [7, 11) is 0. The third-order valence-corrected chi connectivity index (χ3v) is 4.87. The summed E-state index contributed by atoms with van der Waals surface area (Å²) in [6.07, 6.45) is 1.47. The second kappa shape index (κ2) is 7.98. The van der Waals surface area contributed by atoms with Crippen LogP contribution >= 0.6 is 0 Å². The van der Waals surface area contributed by atoms with Crippen molar-refractivity contribution in [3.8, 4) is 0 Å². The number of aromatic carboxylic acids is 1. The first-order valence-electron chi connectivity index (χ1n) is 9.19. The van der Waals surface area contributed by atoms with Crippen molar-refractivity contribution >= 4 is 23.8 Å². The maximum Gasteiger partial charge on any atom is 0.335 e. The average molecular weight is 385 g/mol. The SMILES string of the molecule is O=C(O)c1ccc(/C=N\NC(=O)c2ccc(N3Cc4ccccc4C3)cc2)cc1. The molecule has 0 fully saturated rings. The summed E-state index contributed by atoms with van der Waals surface area (Å²) in [6.45, 7) is 1.74. The zero-order valence-corrected chi connectivity index (χ0v) is 15.6. The minimum Gasteiger partial charge on any atom is -0.478 e. The van der Waals surface area contributed by atoms with Crippen molar-refractivity contribution in [3.63, 3.8) is 0 Å². The number of amides is 1. The van der Waals surface area contributed by atoms with E-state index in [1.165, 1.54) is 29.5 Å². The number of carboxylic acids is 1. The molecule has 29 heavy (non-hydrogen) atoms. The molecule has 6 heteroatoms. The van der Waals surface area contributed by atoms with Crippen LogP contribution in [-0.2, 0) is 13.1 Å². The molecule has 3 aromatic carbocycles. The van der Waals surface area contributed by atoms with Gasteiger partial charge in [0.1, 0.15) is 0 Å². The molecule has 0 saturated carbocycles. The van der Waals surface area contributed by atoms with Crippen LogP contribution in [0.3, 0.4) is 0 Å². The Hall–Kier alpha value is -3.93. The van der Waals surface area contributed by atoms with E-state index >= 15 is 0 Å². The Labute approximate surface area is 168 Å². The van der Waals surface area contributed by atoms with Gasteiger partial charge in [-0.2, -0.15) is 5.10 Å². The fourth-order valence-electron chi connectivity index (χ4n) is 3.28. The first-order chi connectivity index (χ1) is 14.1. The second-order valence-electron chi connectivity index (χ2n) is 6.80. The minimum absolute atomic E-state index is 0.201. The van der Waals surface area contributed by atoms with Crippen molar-refractivity contribution in [1.29, 1.82) is 0 Å².